The maximum atomic E-state index is 13.4. The lowest BCUT2D eigenvalue weighted by Crippen LogP contribution is -2.31. The quantitative estimate of drug-likeness (QED) is 0.563. The molecule has 2 aromatic rings. The number of nitrogens with zero attached hydrogens (tertiary/aromatic N) is 1. The molecule has 152 valence electrons. The zero-order valence-electron chi connectivity index (χ0n) is 16.3. The lowest BCUT2D eigenvalue weighted by Gasteiger charge is -2.28. The molecule has 0 spiro atoms. The van der Waals surface area contributed by atoms with Gasteiger partial charge in [-0.2, -0.15) is 0 Å². The van der Waals surface area contributed by atoms with Crippen molar-refractivity contribution in [1.82, 2.24) is 4.90 Å². The van der Waals surface area contributed by atoms with Crippen molar-refractivity contribution >= 4 is 11.9 Å². The summed E-state index contributed by atoms with van der Waals surface area (Å²) in [7, 11) is 1.57. The van der Waals surface area contributed by atoms with Gasteiger partial charge < -0.3 is 14.4 Å². The van der Waals surface area contributed by atoms with Gasteiger partial charge in [0.2, 0.25) is 11.5 Å². The normalized spacial score (nSPS) is 17.6. The van der Waals surface area contributed by atoms with Crippen LogP contribution < -0.4 is 0 Å². The fraction of sp³-hybridized carbons (Fsp3) is 0.273. The number of hydrogen-bond donors (Lipinski definition) is 0. The highest BCUT2D eigenvalue weighted by molar-refractivity contribution is 5.98. The van der Waals surface area contributed by atoms with E-state index in [-0.39, 0.29) is 11.6 Å². The zero-order valence-corrected chi connectivity index (χ0v) is 16.3. The second-order valence-electron chi connectivity index (χ2n) is 7.25. The number of halogens is 2. The van der Waals surface area contributed by atoms with Crippen LogP contribution in [0.1, 0.15) is 31.0 Å². The summed E-state index contributed by atoms with van der Waals surface area (Å²) in [6.07, 6.45) is 1.45. The Morgan fingerprint density at radius 3 is 2.10 bits per heavy atom. The molecule has 0 bridgehead atoms. The van der Waals surface area contributed by atoms with Gasteiger partial charge in [-0.15, -0.1) is 0 Å². The molecule has 0 N–H and O–H groups in total. The van der Waals surface area contributed by atoms with Crippen molar-refractivity contribution in [1.29, 1.82) is 0 Å². The third-order valence-electron chi connectivity index (χ3n) is 4.56. The topological polar surface area (TPSA) is 55.8 Å². The molecule has 3 rings (SSSR count). The van der Waals surface area contributed by atoms with Gasteiger partial charge >= 0.3 is 5.97 Å². The molecule has 0 aliphatic carbocycles. The summed E-state index contributed by atoms with van der Waals surface area (Å²) in [5.74, 6) is -3.26. The summed E-state index contributed by atoms with van der Waals surface area (Å²) in [6.45, 7) is 3.13. The number of esters is 1. The monoisotopic (exact) mass is 401 g/mol. The highest BCUT2D eigenvalue weighted by Gasteiger charge is 2.38. The molecule has 1 atom stereocenters. The average Bonchev–Trinajstić information content (AvgIpc) is 2.93. The van der Waals surface area contributed by atoms with E-state index in [0.29, 0.717) is 12.0 Å². The molecule has 1 aliphatic rings. The Morgan fingerprint density at radius 1 is 1.03 bits per heavy atom. The summed E-state index contributed by atoms with van der Waals surface area (Å²) < 4.78 is 37.0. The highest BCUT2D eigenvalue weighted by Crippen LogP contribution is 2.28. The van der Waals surface area contributed by atoms with E-state index in [4.69, 9.17) is 9.47 Å². The Kier molecular flexibility index (Phi) is 5.68. The fourth-order valence-corrected chi connectivity index (χ4v) is 3.06. The number of amides is 1. The van der Waals surface area contributed by atoms with Crippen LogP contribution in [0.15, 0.2) is 60.4 Å². The number of hydrogen-bond acceptors (Lipinski definition) is 4. The number of benzene rings is 2. The van der Waals surface area contributed by atoms with Crippen molar-refractivity contribution in [3.8, 4) is 0 Å². The first-order chi connectivity index (χ1) is 13.6. The molecule has 0 radical (unpaired) electrons. The first-order valence-electron chi connectivity index (χ1n) is 9.05. The number of carbonyl (C=O) groups excluding carboxylic acids is 2. The molecule has 7 heteroatoms. The number of carbonyl (C=O) groups is 2. The summed E-state index contributed by atoms with van der Waals surface area (Å²) in [5, 5.41) is 0. The Balaban J connectivity index is 1.88. The van der Waals surface area contributed by atoms with Crippen molar-refractivity contribution in [2.24, 2.45) is 0 Å². The van der Waals surface area contributed by atoms with E-state index < -0.39 is 29.5 Å². The summed E-state index contributed by atoms with van der Waals surface area (Å²) in [4.78, 5) is 26.1. The Labute approximate surface area is 167 Å². The number of cyclic esters (lactones) is 1. The van der Waals surface area contributed by atoms with Crippen molar-refractivity contribution in [2.75, 3.05) is 7.05 Å². The van der Waals surface area contributed by atoms with Gasteiger partial charge in [0.15, 0.2) is 0 Å². The van der Waals surface area contributed by atoms with Crippen LogP contribution in [0.5, 0.6) is 0 Å². The maximum Gasteiger partial charge on any atom is 0.377 e. The number of likely N-dealkylation sites (N-methyl/N-ethyl adjacent to an activating group) is 1. The SMILES string of the molecule is CN(C(=O)/C=C1\OC(C)(C)OC1=O)C(Cc1ccc(F)cc1)c1ccc(F)cc1. The molecule has 29 heavy (non-hydrogen) atoms. The Bertz CT molecular complexity index is 936. The molecule has 1 fully saturated rings. The van der Waals surface area contributed by atoms with Gasteiger partial charge in [-0.05, 0) is 41.8 Å². The summed E-state index contributed by atoms with van der Waals surface area (Å²) in [6, 6.07) is 11.2. The maximum absolute atomic E-state index is 13.4. The molecule has 1 unspecified atom stereocenters. The minimum atomic E-state index is -1.13. The van der Waals surface area contributed by atoms with Gasteiger partial charge in [-0.25, -0.2) is 13.6 Å². The zero-order chi connectivity index (χ0) is 21.2. The third-order valence-corrected chi connectivity index (χ3v) is 4.56. The van der Waals surface area contributed by atoms with E-state index in [0.717, 1.165) is 11.6 Å². The standard InChI is InChI=1S/C22H21F2NO4/c1-22(2)28-19(21(27)29-22)13-20(26)25(3)18(15-6-10-17(24)11-7-15)12-14-4-8-16(23)9-5-14/h4-11,13,18H,12H2,1-3H3/b19-13-. The van der Waals surface area contributed by atoms with Crippen LogP contribution >= 0.6 is 0 Å². The van der Waals surface area contributed by atoms with E-state index in [1.165, 1.54) is 29.2 Å². The highest BCUT2D eigenvalue weighted by atomic mass is 19.1. The van der Waals surface area contributed by atoms with Crippen LogP contribution in [0.2, 0.25) is 0 Å². The van der Waals surface area contributed by atoms with E-state index in [1.807, 2.05) is 0 Å². The second-order valence-corrected chi connectivity index (χ2v) is 7.25. The molecule has 1 heterocycles. The molecule has 5 nitrogen and oxygen atoms in total. The molecule has 0 saturated carbocycles. The van der Waals surface area contributed by atoms with Crippen LogP contribution in [-0.4, -0.2) is 29.6 Å². The van der Waals surface area contributed by atoms with Gasteiger partial charge in [-0.1, -0.05) is 24.3 Å². The van der Waals surface area contributed by atoms with Crippen LogP contribution in [0.25, 0.3) is 0 Å². The molecule has 2 aromatic carbocycles. The molecule has 0 aromatic heterocycles. The van der Waals surface area contributed by atoms with Crippen molar-refractivity contribution in [2.45, 2.75) is 32.1 Å². The van der Waals surface area contributed by atoms with Crippen molar-refractivity contribution in [3.05, 3.63) is 83.1 Å². The number of rotatable bonds is 5. The van der Waals surface area contributed by atoms with Crippen LogP contribution in [-0.2, 0) is 25.5 Å². The van der Waals surface area contributed by atoms with E-state index in [9.17, 15) is 18.4 Å². The molecule has 1 aliphatic heterocycles. The fourth-order valence-electron chi connectivity index (χ4n) is 3.06. The van der Waals surface area contributed by atoms with Gasteiger partial charge in [0.25, 0.3) is 5.91 Å². The second kappa shape index (κ2) is 8.03. The van der Waals surface area contributed by atoms with E-state index in [1.54, 1.807) is 45.2 Å². The smallest absolute Gasteiger partial charge is 0.377 e. The van der Waals surface area contributed by atoms with Crippen molar-refractivity contribution in [3.63, 3.8) is 0 Å². The first-order valence-corrected chi connectivity index (χ1v) is 9.05. The molecule has 1 saturated heterocycles. The van der Waals surface area contributed by atoms with E-state index >= 15 is 0 Å². The minimum Gasteiger partial charge on any atom is -0.445 e. The third kappa shape index (κ3) is 4.99. The summed E-state index contributed by atoms with van der Waals surface area (Å²) in [5.41, 5.74) is 1.49. The van der Waals surface area contributed by atoms with Crippen LogP contribution in [0.3, 0.4) is 0 Å². The van der Waals surface area contributed by atoms with Gasteiger partial charge in [0.05, 0.1) is 12.1 Å². The minimum absolute atomic E-state index is 0.175. The van der Waals surface area contributed by atoms with Gasteiger partial charge in [-0.3, -0.25) is 4.79 Å². The van der Waals surface area contributed by atoms with Crippen LogP contribution in [0, 0.1) is 11.6 Å². The Morgan fingerprint density at radius 2 is 1.59 bits per heavy atom. The van der Waals surface area contributed by atoms with Crippen molar-refractivity contribution < 1.29 is 27.8 Å². The predicted octanol–water partition coefficient (Wildman–Crippen LogP) is 3.90. The Hall–Kier alpha value is -3.22. The van der Waals surface area contributed by atoms with Crippen LogP contribution in [0.4, 0.5) is 8.78 Å². The lowest BCUT2D eigenvalue weighted by molar-refractivity contribution is -0.159. The predicted molar refractivity (Wildman–Crippen MR) is 101 cm³/mol. The van der Waals surface area contributed by atoms with Gasteiger partial charge in [0.1, 0.15) is 11.6 Å². The lowest BCUT2D eigenvalue weighted by atomic mass is 9.97. The van der Waals surface area contributed by atoms with E-state index in [2.05, 4.69) is 0 Å². The number of ether oxygens (including phenoxy) is 2. The average molecular weight is 401 g/mol. The molecular weight excluding hydrogens is 380 g/mol. The molecular formula is C22H21F2NO4. The van der Waals surface area contributed by atoms with Gasteiger partial charge in [0, 0.05) is 20.9 Å². The summed E-state index contributed by atoms with van der Waals surface area (Å²) >= 11 is 0. The first kappa shape index (κ1) is 20.5. The molecule has 1 amide bonds. The largest absolute Gasteiger partial charge is 0.445 e.